The lowest BCUT2D eigenvalue weighted by Crippen LogP contribution is -1.94. The summed E-state index contributed by atoms with van der Waals surface area (Å²) in [7, 11) is 0. The maximum absolute atomic E-state index is 2.42. The number of aromatic nitrogens is 2. The van der Waals surface area contributed by atoms with Crippen LogP contribution in [0.15, 0.2) is 182 Å². The first-order valence-corrected chi connectivity index (χ1v) is 18.0. The van der Waals surface area contributed by atoms with Crippen LogP contribution in [0.1, 0.15) is 11.1 Å². The van der Waals surface area contributed by atoms with Crippen LogP contribution in [0.25, 0.3) is 88.4 Å². The Labute approximate surface area is 303 Å². The highest BCUT2D eigenvalue weighted by Crippen LogP contribution is 2.39. The molecule has 8 aromatic carbocycles. The molecule has 2 heteroatoms. The molecule has 0 spiro atoms. The van der Waals surface area contributed by atoms with Crippen molar-refractivity contribution in [2.24, 2.45) is 0 Å². The monoisotopic (exact) mass is 664 g/mol. The zero-order valence-corrected chi connectivity index (χ0v) is 29.2. The van der Waals surface area contributed by atoms with Crippen molar-refractivity contribution in [3.8, 4) is 44.8 Å². The molecule has 0 N–H and O–H groups in total. The summed E-state index contributed by atoms with van der Waals surface area (Å²) in [6, 6.07) is 66.7. The SMILES string of the molecule is Cc1cc(C)cc(-c2cccc(-c3cccc(-n4c5ccccc5c5cc(-c6ccc7c(c6)c6ccccc6n7-c6ccccc6)ccc54)c3)c2)c1. The van der Waals surface area contributed by atoms with E-state index in [4.69, 9.17) is 0 Å². The van der Waals surface area contributed by atoms with Crippen LogP contribution >= 0.6 is 0 Å². The molecule has 0 aliphatic heterocycles. The standard InChI is InChI=1S/C50H36N2/c1-33-26-34(2)28-40(27-33)36-13-10-12-35(29-36)37-14-11-17-42(30-37)52-48-21-9-7-19-44(48)46-32-39(23-25-50(46)52)38-22-24-49-45(31-38)43-18-6-8-20-47(43)51(49)41-15-4-3-5-16-41/h3-32H,1-2H3. The van der Waals surface area contributed by atoms with Crippen LogP contribution in [0.2, 0.25) is 0 Å². The van der Waals surface area contributed by atoms with E-state index in [1.54, 1.807) is 0 Å². The summed E-state index contributed by atoms with van der Waals surface area (Å²) in [5.41, 5.74) is 17.1. The second-order valence-electron chi connectivity index (χ2n) is 14.0. The first-order valence-electron chi connectivity index (χ1n) is 18.0. The highest BCUT2D eigenvalue weighted by molar-refractivity contribution is 6.12. The van der Waals surface area contributed by atoms with Crippen LogP contribution < -0.4 is 0 Å². The average Bonchev–Trinajstić information content (AvgIpc) is 3.70. The van der Waals surface area contributed by atoms with Gasteiger partial charge in [0.1, 0.15) is 0 Å². The number of benzene rings is 8. The Morgan fingerprint density at radius 2 is 0.712 bits per heavy atom. The van der Waals surface area contributed by atoms with E-state index in [-0.39, 0.29) is 0 Å². The average molecular weight is 665 g/mol. The Kier molecular flexibility index (Phi) is 6.97. The van der Waals surface area contributed by atoms with E-state index in [0.29, 0.717) is 0 Å². The number of fused-ring (bicyclic) bond motifs is 6. The number of nitrogens with zero attached hydrogens (tertiary/aromatic N) is 2. The van der Waals surface area contributed by atoms with E-state index in [2.05, 4.69) is 205 Å². The van der Waals surface area contributed by atoms with Gasteiger partial charge in [-0.05, 0) is 114 Å². The number of rotatable bonds is 5. The molecule has 0 saturated carbocycles. The van der Waals surface area contributed by atoms with Crippen LogP contribution in [0, 0.1) is 13.8 Å². The van der Waals surface area contributed by atoms with Crippen molar-refractivity contribution in [1.29, 1.82) is 0 Å². The van der Waals surface area contributed by atoms with E-state index in [9.17, 15) is 0 Å². The molecule has 2 aromatic heterocycles. The molecule has 0 unspecified atom stereocenters. The predicted octanol–water partition coefficient (Wildman–Crippen LogP) is 13.5. The first kappa shape index (κ1) is 30.2. The normalized spacial score (nSPS) is 11.7. The molecule has 0 amide bonds. The van der Waals surface area contributed by atoms with Gasteiger partial charge in [0.25, 0.3) is 0 Å². The van der Waals surface area contributed by atoms with Gasteiger partial charge < -0.3 is 9.13 Å². The Bertz CT molecular complexity index is 2960. The van der Waals surface area contributed by atoms with Crippen LogP contribution in [-0.4, -0.2) is 9.13 Å². The van der Waals surface area contributed by atoms with Gasteiger partial charge >= 0.3 is 0 Å². The van der Waals surface area contributed by atoms with Crippen molar-refractivity contribution in [2.75, 3.05) is 0 Å². The summed E-state index contributed by atoms with van der Waals surface area (Å²) in [6.45, 7) is 4.34. The molecule has 10 rings (SSSR count). The molecule has 0 fully saturated rings. The fourth-order valence-corrected chi connectivity index (χ4v) is 8.28. The van der Waals surface area contributed by atoms with Gasteiger partial charge in [0, 0.05) is 32.9 Å². The third-order valence-corrected chi connectivity index (χ3v) is 10.5. The summed E-state index contributed by atoms with van der Waals surface area (Å²) >= 11 is 0. The molecule has 0 saturated heterocycles. The van der Waals surface area contributed by atoms with Gasteiger partial charge in [0.15, 0.2) is 0 Å². The van der Waals surface area contributed by atoms with Gasteiger partial charge in [-0.3, -0.25) is 0 Å². The Morgan fingerprint density at radius 1 is 0.269 bits per heavy atom. The molecular weight excluding hydrogens is 629 g/mol. The fraction of sp³-hybridized carbons (Fsp3) is 0.0400. The van der Waals surface area contributed by atoms with Crippen LogP contribution in [0.3, 0.4) is 0 Å². The maximum atomic E-state index is 2.42. The number of aryl methyl sites for hydroxylation is 2. The second kappa shape index (κ2) is 12.0. The molecule has 10 aromatic rings. The van der Waals surface area contributed by atoms with Crippen molar-refractivity contribution < 1.29 is 0 Å². The minimum Gasteiger partial charge on any atom is -0.309 e. The summed E-state index contributed by atoms with van der Waals surface area (Å²) in [5.74, 6) is 0. The maximum Gasteiger partial charge on any atom is 0.0541 e. The summed E-state index contributed by atoms with van der Waals surface area (Å²) < 4.78 is 4.79. The lowest BCUT2D eigenvalue weighted by molar-refractivity contribution is 1.18. The smallest absolute Gasteiger partial charge is 0.0541 e. The number of hydrogen-bond acceptors (Lipinski definition) is 0. The quantitative estimate of drug-likeness (QED) is 0.173. The summed E-state index contributed by atoms with van der Waals surface area (Å²) in [4.78, 5) is 0. The lowest BCUT2D eigenvalue weighted by atomic mass is 9.96. The van der Waals surface area contributed by atoms with E-state index < -0.39 is 0 Å². The summed E-state index contributed by atoms with van der Waals surface area (Å²) in [6.07, 6.45) is 0. The lowest BCUT2D eigenvalue weighted by Gasteiger charge is -2.12. The third-order valence-electron chi connectivity index (χ3n) is 10.5. The predicted molar refractivity (Wildman–Crippen MR) is 221 cm³/mol. The van der Waals surface area contributed by atoms with Gasteiger partial charge in [0.05, 0.1) is 22.1 Å². The van der Waals surface area contributed by atoms with Gasteiger partial charge in [-0.15, -0.1) is 0 Å². The molecule has 2 heterocycles. The van der Waals surface area contributed by atoms with E-state index in [1.165, 1.54) is 93.8 Å². The molecule has 0 aliphatic carbocycles. The van der Waals surface area contributed by atoms with Gasteiger partial charge in [-0.2, -0.15) is 0 Å². The van der Waals surface area contributed by atoms with Crippen LogP contribution in [0.5, 0.6) is 0 Å². The van der Waals surface area contributed by atoms with Gasteiger partial charge in [-0.25, -0.2) is 0 Å². The van der Waals surface area contributed by atoms with E-state index in [0.717, 1.165) is 5.69 Å². The van der Waals surface area contributed by atoms with Crippen LogP contribution in [-0.2, 0) is 0 Å². The second-order valence-corrected chi connectivity index (χ2v) is 14.0. The largest absolute Gasteiger partial charge is 0.309 e. The van der Waals surface area contributed by atoms with Crippen molar-refractivity contribution in [3.05, 3.63) is 193 Å². The molecule has 0 radical (unpaired) electrons. The van der Waals surface area contributed by atoms with Crippen molar-refractivity contribution in [2.45, 2.75) is 13.8 Å². The first-order chi connectivity index (χ1) is 25.6. The highest BCUT2D eigenvalue weighted by atomic mass is 15.0. The molecule has 52 heavy (non-hydrogen) atoms. The molecule has 0 atom stereocenters. The Balaban J connectivity index is 1.09. The molecule has 0 aliphatic rings. The highest BCUT2D eigenvalue weighted by Gasteiger charge is 2.16. The third kappa shape index (κ3) is 4.95. The van der Waals surface area contributed by atoms with Crippen molar-refractivity contribution >= 4 is 43.6 Å². The van der Waals surface area contributed by atoms with Crippen LogP contribution in [0.4, 0.5) is 0 Å². The van der Waals surface area contributed by atoms with Crippen molar-refractivity contribution in [3.63, 3.8) is 0 Å². The van der Waals surface area contributed by atoms with E-state index >= 15 is 0 Å². The van der Waals surface area contributed by atoms with E-state index in [1.807, 2.05) is 0 Å². The van der Waals surface area contributed by atoms with Gasteiger partial charge in [-0.1, -0.05) is 126 Å². The molecule has 246 valence electrons. The zero-order chi connectivity index (χ0) is 34.8. The molecular formula is C50H36N2. The Morgan fingerprint density at radius 3 is 1.33 bits per heavy atom. The summed E-state index contributed by atoms with van der Waals surface area (Å²) in [5, 5.41) is 5.03. The van der Waals surface area contributed by atoms with Crippen molar-refractivity contribution in [1.82, 2.24) is 9.13 Å². The topological polar surface area (TPSA) is 9.86 Å². The minimum absolute atomic E-state index is 1.16. The minimum atomic E-state index is 1.16. The molecule has 0 bridgehead atoms. The zero-order valence-electron chi connectivity index (χ0n) is 29.2. The fourth-order valence-electron chi connectivity index (χ4n) is 8.28. The Hall–Kier alpha value is -6.64. The number of hydrogen-bond donors (Lipinski definition) is 0. The van der Waals surface area contributed by atoms with Gasteiger partial charge in [0.2, 0.25) is 0 Å². The molecule has 2 nitrogen and oxygen atoms in total. The number of para-hydroxylation sites is 3.